The average molecular weight is 228 g/mol. The van der Waals surface area contributed by atoms with E-state index in [-0.39, 0.29) is 0 Å². The molecular formula is C15H16O2. The largest absolute Gasteiger partial charge is 0.497 e. The Morgan fingerprint density at radius 3 is 2.47 bits per heavy atom. The predicted octanol–water partition coefficient (Wildman–Crippen LogP) is 3.08. The third-order valence-corrected chi connectivity index (χ3v) is 3.97. The van der Waals surface area contributed by atoms with Crippen molar-refractivity contribution in [1.82, 2.24) is 0 Å². The SMILES string of the molecule is COc1ccc(/C=C2/C(=O)[C@@H]3CC[C@H]2C3)cc1. The first-order valence-electron chi connectivity index (χ1n) is 6.18. The summed E-state index contributed by atoms with van der Waals surface area (Å²) in [6.45, 7) is 0. The zero-order valence-electron chi connectivity index (χ0n) is 9.98. The summed E-state index contributed by atoms with van der Waals surface area (Å²) in [4.78, 5) is 12.0. The van der Waals surface area contributed by atoms with E-state index in [1.807, 2.05) is 24.3 Å². The highest BCUT2D eigenvalue weighted by molar-refractivity contribution is 6.04. The first-order chi connectivity index (χ1) is 8.28. The van der Waals surface area contributed by atoms with Gasteiger partial charge in [0.25, 0.3) is 0 Å². The number of hydrogen-bond donors (Lipinski definition) is 0. The van der Waals surface area contributed by atoms with Crippen LogP contribution in [0.25, 0.3) is 6.08 Å². The van der Waals surface area contributed by atoms with Gasteiger partial charge in [-0.3, -0.25) is 4.79 Å². The minimum atomic E-state index is 0.324. The van der Waals surface area contributed by atoms with Gasteiger partial charge in [-0.15, -0.1) is 0 Å². The molecule has 2 aliphatic rings. The molecule has 2 atom stereocenters. The number of allylic oxidation sites excluding steroid dienone is 1. The highest BCUT2D eigenvalue weighted by Crippen LogP contribution is 2.46. The molecule has 1 aromatic rings. The lowest BCUT2D eigenvalue weighted by Gasteiger charge is -2.12. The van der Waals surface area contributed by atoms with Gasteiger partial charge in [0.05, 0.1) is 7.11 Å². The van der Waals surface area contributed by atoms with Crippen molar-refractivity contribution in [2.75, 3.05) is 7.11 Å². The highest BCUT2D eigenvalue weighted by atomic mass is 16.5. The maximum atomic E-state index is 12.0. The van der Waals surface area contributed by atoms with Crippen LogP contribution in [-0.4, -0.2) is 12.9 Å². The molecule has 0 N–H and O–H groups in total. The highest BCUT2D eigenvalue weighted by Gasteiger charge is 2.42. The Kier molecular flexibility index (Phi) is 2.50. The number of fused-ring (bicyclic) bond motifs is 2. The first-order valence-corrected chi connectivity index (χ1v) is 6.18. The number of methoxy groups -OCH3 is 1. The standard InChI is InChI=1S/C15H16O2/c1-17-13-6-2-10(3-7-13)8-14-11-4-5-12(9-11)15(14)16/h2-3,6-8,11-12H,4-5,9H2,1H3/b14-8+/t11-,12+/m0/s1. The molecule has 0 saturated heterocycles. The number of ether oxygens (including phenoxy) is 1. The van der Waals surface area contributed by atoms with E-state index in [0.29, 0.717) is 17.6 Å². The van der Waals surface area contributed by atoms with Crippen LogP contribution in [0.4, 0.5) is 0 Å². The van der Waals surface area contributed by atoms with Crippen LogP contribution in [0.5, 0.6) is 5.75 Å². The van der Waals surface area contributed by atoms with Crippen LogP contribution in [0.2, 0.25) is 0 Å². The predicted molar refractivity (Wildman–Crippen MR) is 66.8 cm³/mol. The number of benzene rings is 1. The quantitative estimate of drug-likeness (QED) is 0.727. The summed E-state index contributed by atoms with van der Waals surface area (Å²) in [5.41, 5.74) is 2.15. The van der Waals surface area contributed by atoms with Gasteiger partial charge in [-0.05, 0) is 54.5 Å². The summed E-state index contributed by atoms with van der Waals surface area (Å²) in [7, 11) is 1.66. The smallest absolute Gasteiger partial charge is 0.162 e. The molecule has 3 rings (SSSR count). The minimum Gasteiger partial charge on any atom is -0.497 e. The maximum absolute atomic E-state index is 12.0. The van der Waals surface area contributed by atoms with E-state index in [4.69, 9.17) is 4.74 Å². The molecule has 2 heteroatoms. The van der Waals surface area contributed by atoms with Crippen molar-refractivity contribution in [2.24, 2.45) is 11.8 Å². The van der Waals surface area contributed by atoms with E-state index < -0.39 is 0 Å². The van der Waals surface area contributed by atoms with E-state index in [1.54, 1.807) is 7.11 Å². The molecule has 0 spiro atoms. The average Bonchev–Trinajstić information content (AvgIpc) is 2.94. The molecule has 2 aliphatic carbocycles. The van der Waals surface area contributed by atoms with Crippen molar-refractivity contribution in [1.29, 1.82) is 0 Å². The van der Waals surface area contributed by atoms with Crippen molar-refractivity contribution in [3.63, 3.8) is 0 Å². The van der Waals surface area contributed by atoms with Crippen LogP contribution < -0.4 is 4.74 Å². The van der Waals surface area contributed by atoms with Crippen molar-refractivity contribution in [3.05, 3.63) is 35.4 Å². The van der Waals surface area contributed by atoms with Gasteiger partial charge in [0.1, 0.15) is 5.75 Å². The fourth-order valence-corrected chi connectivity index (χ4v) is 3.01. The van der Waals surface area contributed by atoms with Crippen molar-refractivity contribution >= 4 is 11.9 Å². The van der Waals surface area contributed by atoms with Gasteiger partial charge in [-0.1, -0.05) is 12.1 Å². The third kappa shape index (κ3) is 1.78. The number of rotatable bonds is 2. The third-order valence-electron chi connectivity index (χ3n) is 3.97. The summed E-state index contributed by atoms with van der Waals surface area (Å²) in [5.74, 6) is 2.09. The molecule has 0 aromatic heterocycles. The zero-order chi connectivity index (χ0) is 11.8. The Balaban J connectivity index is 1.88. The Morgan fingerprint density at radius 1 is 1.18 bits per heavy atom. The summed E-state index contributed by atoms with van der Waals surface area (Å²) in [6.07, 6.45) is 5.44. The molecular weight excluding hydrogens is 212 g/mol. The second-order valence-corrected chi connectivity index (χ2v) is 4.94. The minimum absolute atomic E-state index is 0.324. The van der Waals surface area contributed by atoms with Crippen molar-refractivity contribution in [2.45, 2.75) is 19.3 Å². The van der Waals surface area contributed by atoms with Gasteiger partial charge in [0, 0.05) is 5.92 Å². The molecule has 2 fully saturated rings. The van der Waals surface area contributed by atoms with Crippen LogP contribution >= 0.6 is 0 Å². The number of carbonyl (C=O) groups excluding carboxylic acids is 1. The van der Waals surface area contributed by atoms with E-state index >= 15 is 0 Å². The second-order valence-electron chi connectivity index (χ2n) is 4.94. The fourth-order valence-electron chi connectivity index (χ4n) is 3.01. The van der Waals surface area contributed by atoms with Gasteiger partial charge >= 0.3 is 0 Å². The Morgan fingerprint density at radius 2 is 1.88 bits per heavy atom. The monoisotopic (exact) mass is 228 g/mol. The van der Waals surface area contributed by atoms with Crippen LogP contribution in [0.1, 0.15) is 24.8 Å². The normalized spacial score (nSPS) is 29.0. The Bertz CT molecular complexity index is 470. The molecule has 0 unspecified atom stereocenters. The van der Waals surface area contributed by atoms with E-state index in [0.717, 1.165) is 29.7 Å². The molecule has 1 aromatic carbocycles. The summed E-state index contributed by atoms with van der Waals surface area (Å²) < 4.78 is 5.12. The molecule has 0 radical (unpaired) electrons. The Hall–Kier alpha value is -1.57. The van der Waals surface area contributed by atoms with Crippen LogP contribution in [-0.2, 0) is 4.79 Å². The van der Waals surface area contributed by atoms with Gasteiger partial charge in [-0.25, -0.2) is 0 Å². The molecule has 17 heavy (non-hydrogen) atoms. The van der Waals surface area contributed by atoms with Crippen molar-refractivity contribution < 1.29 is 9.53 Å². The molecule has 0 heterocycles. The fraction of sp³-hybridized carbons (Fsp3) is 0.400. The van der Waals surface area contributed by atoms with Crippen LogP contribution in [0, 0.1) is 11.8 Å². The number of Topliss-reactive ketones (excluding diaryl/α,β-unsaturated/α-hetero) is 1. The lowest BCUT2D eigenvalue weighted by Crippen LogP contribution is -2.11. The Labute approximate surface area is 101 Å². The molecule has 2 bridgehead atoms. The van der Waals surface area contributed by atoms with E-state index in [9.17, 15) is 4.79 Å². The second kappa shape index (κ2) is 4.02. The lowest BCUT2D eigenvalue weighted by atomic mass is 9.92. The molecule has 2 nitrogen and oxygen atoms in total. The first kappa shape index (κ1) is 10.6. The molecule has 0 amide bonds. The number of ketones is 1. The number of carbonyl (C=O) groups is 1. The van der Waals surface area contributed by atoms with E-state index in [2.05, 4.69) is 6.08 Å². The topological polar surface area (TPSA) is 26.3 Å². The number of hydrogen-bond acceptors (Lipinski definition) is 2. The van der Waals surface area contributed by atoms with Gasteiger partial charge in [-0.2, -0.15) is 0 Å². The lowest BCUT2D eigenvalue weighted by molar-refractivity contribution is -0.118. The zero-order valence-corrected chi connectivity index (χ0v) is 9.98. The van der Waals surface area contributed by atoms with Gasteiger partial charge < -0.3 is 4.74 Å². The molecule has 88 valence electrons. The summed E-state index contributed by atoms with van der Waals surface area (Å²) >= 11 is 0. The maximum Gasteiger partial charge on any atom is 0.162 e. The van der Waals surface area contributed by atoms with Gasteiger partial charge in [0.15, 0.2) is 5.78 Å². The van der Waals surface area contributed by atoms with Crippen LogP contribution in [0.3, 0.4) is 0 Å². The summed E-state index contributed by atoms with van der Waals surface area (Å²) in [5, 5.41) is 0. The molecule has 0 aliphatic heterocycles. The summed E-state index contributed by atoms with van der Waals surface area (Å²) in [6, 6.07) is 7.88. The van der Waals surface area contributed by atoms with E-state index in [1.165, 1.54) is 6.42 Å². The molecule has 2 saturated carbocycles. The van der Waals surface area contributed by atoms with Crippen molar-refractivity contribution in [3.8, 4) is 5.75 Å². The van der Waals surface area contributed by atoms with Gasteiger partial charge in [0.2, 0.25) is 0 Å². The van der Waals surface area contributed by atoms with Crippen LogP contribution in [0.15, 0.2) is 29.8 Å².